The highest BCUT2D eigenvalue weighted by atomic mass is 16.6. The molecule has 0 amide bonds. The number of esters is 2. The molecule has 2 N–H and O–H groups in total. The monoisotopic (exact) mass is 311 g/mol. The Morgan fingerprint density at radius 2 is 2.18 bits per heavy atom. The summed E-state index contributed by atoms with van der Waals surface area (Å²) in [5, 5.41) is 0. The first-order valence-electron chi connectivity index (χ1n) is 6.67. The van der Waals surface area contributed by atoms with Gasteiger partial charge < -0.3 is 19.9 Å². The van der Waals surface area contributed by atoms with Crippen molar-refractivity contribution in [1.29, 1.82) is 0 Å². The lowest BCUT2D eigenvalue weighted by Gasteiger charge is -2.17. The summed E-state index contributed by atoms with van der Waals surface area (Å²) in [6.45, 7) is 2.47. The summed E-state index contributed by atoms with van der Waals surface area (Å²) in [5.41, 5.74) is 4.87. The predicted molar refractivity (Wildman–Crippen MR) is 73.6 cm³/mol. The van der Waals surface area contributed by atoms with E-state index in [9.17, 15) is 14.4 Å². The lowest BCUT2D eigenvalue weighted by atomic mass is 10.2. The average Bonchev–Trinajstić information content (AvgIpc) is 2.78. The molecule has 0 spiro atoms. The number of carbonyl (C=O) groups excluding carboxylic acids is 2. The fourth-order valence-corrected chi connectivity index (χ4v) is 2.20. The summed E-state index contributed by atoms with van der Waals surface area (Å²) in [6, 6.07) is 1.46. The summed E-state index contributed by atoms with van der Waals surface area (Å²) >= 11 is 0. The fourth-order valence-electron chi connectivity index (χ4n) is 2.20. The summed E-state index contributed by atoms with van der Waals surface area (Å²) < 4.78 is 17.0. The van der Waals surface area contributed by atoms with Crippen LogP contribution in [0.2, 0.25) is 0 Å². The normalized spacial score (nSPS) is 24.0. The van der Waals surface area contributed by atoms with Gasteiger partial charge in [-0.1, -0.05) is 0 Å². The SMILES string of the molecule is CC(=O)OC[C@H]1OC(n2ccc(N)nc2=O)C[C@@H]1OC(C)=O. The van der Waals surface area contributed by atoms with Crippen LogP contribution in [0, 0.1) is 0 Å². The van der Waals surface area contributed by atoms with Gasteiger partial charge in [0.25, 0.3) is 0 Å². The number of rotatable bonds is 4. The van der Waals surface area contributed by atoms with Crippen LogP contribution in [-0.2, 0) is 23.8 Å². The van der Waals surface area contributed by atoms with Crippen molar-refractivity contribution in [1.82, 2.24) is 9.55 Å². The Morgan fingerprint density at radius 1 is 1.45 bits per heavy atom. The maximum atomic E-state index is 11.8. The van der Waals surface area contributed by atoms with Gasteiger partial charge in [0.05, 0.1) is 0 Å². The predicted octanol–water partition coefficient (Wildman–Crippen LogP) is -0.392. The van der Waals surface area contributed by atoms with Crippen LogP contribution in [0.4, 0.5) is 5.82 Å². The second kappa shape index (κ2) is 6.56. The van der Waals surface area contributed by atoms with E-state index < -0.39 is 36.1 Å². The Morgan fingerprint density at radius 3 is 2.77 bits per heavy atom. The first-order valence-corrected chi connectivity index (χ1v) is 6.67. The second-order valence-corrected chi connectivity index (χ2v) is 4.86. The topological polar surface area (TPSA) is 123 Å². The standard InChI is InChI=1S/C13H17N3O6/c1-7(17)20-6-10-9(21-8(2)18)5-12(22-10)16-4-3-11(14)15-13(16)19/h3-4,9-10,12H,5-6H2,1-2H3,(H2,14,15,19)/t9-,10+,12?/m0/s1. The Labute approximate surface area is 126 Å². The molecule has 1 aromatic heterocycles. The minimum absolute atomic E-state index is 0.0685. The van der Waals surface area contributed by atoms with Crippen molar-refractivity contribution in [3.8, 4) is 0 Å². The van der Waals surface area contributed by atoms with E-state index in [1.54, 1.807) is 0 Å². The van der Waals surface area contributed by atoms with Crippen molar-refractivity contribution < 1.29 is 23.8 Å². The summed E-state index contributed by atoms with van der Waals surface area (Å²) in [4.78, 5) is 37.5. The Kier molecular flexibility index (Phi) is 4.76. The van der Waals surface area contributed by atoms with Crippen LogP contribution in [0.15, 0.2) is 17.1 Å². The lowest BCUT2D eigenvalue weighted by molar-refractivity contribution is -0.155. The molecule has 120 valence electrons. The van der Waals surface area contributed by atoms with E-state index in [-0.39, 0.29) is 18.8 Å². The zero-order chi connectivity index (χ0) is 16.3. The largest absolute Gasteiger partial charge is 0.463 e. The van der Waals surface area contributed by atoms with E-state index in [4.69, 9.17) is 19.9 Å². The molecule has 1 aromatic rings. The third kappa shape index (κ3) is 3.82. The van der Waals surface area contributed by atoms with E-state index in [0.717, 1.165) is 0 Å². The molecule has 1 fully saturated rings. The molecule has 3 atom stereocenters. The molecule has 0 bridgehead atoms. The highest BCUT2D eigenvalue weighted by Gasteiger charge is 2.39. The van der Waals surface area contributed by atoms with Crippen molar-refractivity contribution in [3.05, 3.63) is 22.7 Å². The Hall–Kier alpha value is -2.42. The van der Waals surface area contributed by atoms with Crippen molar-refractivity contribution in [3.63, 3.8) is 0 Å². The number of carbonyl (C=O) groups is 2. The highest BCUT2D eigenvalue weighted by Crippen LogP contribution is 2.30. The van der Waals surface area contributed by atoms with Gasteiger partial charge in [0.1, 0.15) is 30.9 Å². The van der Waals surface area contributed by atoms with Gasteiger partial charge in [0.15, 0.2) is 0 Å². The van der Waals surface area contributed by atoms with Crippen LogP contribution in [0.3, 0.4) is 0 Å². The molecule has 0 saturated carbocycles. The third-order valence-corrected chi connectivity index (χ3v) is 3.11. The number of aromatic nitrogens is 2. The zero-order valence-electron chi connectivity index (χ0n) is 12.2. The summed E-state index contributed by atoms with van der Waals surface area (Å²) in [7, 11) is 0. The first kappa shape index (κ1) is 16.0. The van der Waals surface area contributed by atoms with Gasteiger partial charge in [0, 0.05) is 26.5 Å². The molecule has 9 nitrogen and oxygen atoms in total. The number of hydrogen-bond donors (Lipinski definition) is 1. The van der Waals surface area contributed by atoms with Crippen LogP contribution in [0.25, 0.3) is 0 Å². The first-order chi connectivity index (χ1) is 10.4. The number of anilines is 1. The molecule has 0 radical (unpaired) electrons. The Bertz CT molecular complexity index is 628. The van der Waals surface area contributed by atoms with Crippen LogP contribution < -0.4 is 11.4 Å². The highest BCUT2D eigenvalue weighted by molar-refractivity contribution is 5.66. The van der Waals surface area contributed by atoms with Gasteiger partial charge in [-0.2, -0.15) is 4.98 Å². The van der Waals surface area contributed by atoms with E-state index in [2.05, 4.69) is 4.98 Å². The van der Waals surface area contributed by atoms with Crippen molar-refractivity contribution in [2.75, 3.05) is 12.3 Å². The van der Waals surface area contributed by atoms with Gasteiger partial charge in [-0.15, -0.1) is 0 Å². The van der Waals surface area contributed by atoms with Crippen molar-refractivity contribution in [2.24, 2.45) is 0 Å². The molecule has 2 heterocycles. The van der Waals surface area contributed by atoms with Crippen LogP contribution in [0.1, 0.15) is 26.5 Å². The molecule has 0 aromatic carbocycles. The molecule has 1 aliphatic rings. The molecular weight excluding hydrogens is 294 g/mol. The van der Waals surface area contributed by atoms with Crippen LogP contribution in [-0.4, -0.2) is 40.3 Å². The van der Waals surface area contributed by atoms with Crippen molar-refractivity contribution in [2.45, 2.75) is 38.7 Å². The maximum Gasteiger partial charge on any atom is 0.351 e. The van der Waals surface area contributed by atoms with E-state index in [1.165, 1.54) is 30.7 Å². The lowest BCUT2D eigenvalue weighted by Crippen LogP contribution is -2.31. The summed E-state index contributed by atoms with van der Waals surface area (Å²) in [6.07, 6.45) is -0.246. The average molecular weight is 311 g/mol. The van der Waals surface area contributed by atoms with Gasteiger partial charge in [-0.3, -0.25) is 14.2 Å². The number of nitrogens with two attached hydrogens (primary N) is 1. The van der Waals surface area contributed by atoms with Gasteiger partial charge in [0.2, 0.25) is 0 Å². The van der Waals surface area contributed by atoms with Crippen LogP contribution in [0.5, 0.6) is 0 Å². The molecule has 9 heteroatoms. The smallest absolute Gasteiger partial charge is 0.351 e. The molecular formula is C13H17N3O6. The number of nitrogen functional groups attached to an aromatic ring is 1. The van der Waals surface area contributed by atoms with E-state index in [0.29, 0.717) is 0 Å². The fraction of sp³-hybridized carbons (Fsp3) is 0.538. The van der Waals surface area contributed by atoms with Gasteiger partial charge >= 0.3 is 17.6 Å². The van der Waals surface area contributed by atoms with Crippen molar-refractivity contribution >= 4 is 17.8 Å². The minimum Gasteiger partial charge on any atom is -0.463 e. The van der Waals surface area contributed by atoms with Crippen LogP contribution >= 0.6 is 0 Å². The summed E-state index contributed by atoms with van der Waals surface area (Å²) in [5.74, 6) is -0.850. The van der Waals surface area contributed by atoms with E-state index in [1.807, 2.05) is 0 Å². The molecule has 22 heavy (non-hydrogen) atoms. The molecule has 2 rings (SSSR count). The maximum absolute atomic E-state index is 11.8. The minimum atomic E-state index is -0.675. The third-order valence-electron chi connectivity index (χ3n) is 3.11. The molecule has 1 unspecified atom stereocenters. The molecule has 0 aliphatic carbocycles. The van der Waals surface area contributed by atoms with Gasteiger partial charge in [-0.25, -0.2) is 4.79 Å². The molecule has 1 aliphatic heterocycles. The number of ether oxygens (including phenoxy) is 3. The van der Waals surface area contributed by atoms with Gasteiger partial charge in [-0.05, 0) is 6.07 Å². The zero-order valence-corrected chi connectivity index (χ0v) is 12.2. The quantitative estimate of drug-likeness (QED) is 0.746. The second-order valence-electron chi connectivity index (χ2n) is 4.86. The Balaban J connectivity index is 2.15. The number of hydrogen-bond acceptors (Lipinski definition) is 8. The number of nitrogens with zero attached hydrogens (tertiary/aromatic N) is 2. The van der Waals surface area contributed by atoms with E-state index >= 15 is 0 Å². The molecule has 1 saturated heterocycles.